The monoisotopic (exact) mass is 386 g/mol. The van der Waals surface area contributed by atoms with Gasteiger partial charge < -0.3 is 9.47 Å². The van der Waals surface area contributed by atoms with Gasteiger partial charge in [-0.15, -0.1) is 0 Å². The van der Waals surface area contributed by atoms with E-state index in [4.69, 9.17) is 4.74 Å². The minimum absolute atomic E-state index is 0.0413. The zero-order valence-corrected chi connectivity index (χ0v) is 14.8. The molecule has 28 heavy (non-hydrogen) atoms. The topological polar surface area (TPSA) is 70.4 Å². The number of halogens is 2. The third-order valence-electron chi connectivity index (χ3n) is 3.95. The van der Waals surface area contributed by atoms with E-state index in [1.54, 1.807) is 42.5 Å². The molecule has 0 unspecified atom stereocenters. The molecule has 2 aromatic carbocycles. The molecule has 0 amide bonds. The van der Waals surface area contributed by atoms with E-state index in [1.165, 1.54) is 25.3 Å². The summed E-state index contributed by atoms with van der Waals surface area (Å²) in [4.78, 5) is 27.4. The van der Waals surface area contributed by atoms with Gasteiger partial charge in [0.2, 0.25) is 0 Å². The van der Waals surface area contributed by atoms with Gasteiger partial charge in [0.25, 0.3) is 0 Å². The van der Waals surface area contributed by atoms with E-state index < -0.39 is 18.5 Å². The Labute approximate surface area is 159 Å². The number of carbonyl (C=O) groups is 2. The summed E-state index contributed by atoms with van der Waals surface area (Å²) in [6.45, 7) is -3.19. The number of methoxy groups -OCH3 is 1. The standard InChI is InChI=1S/C20H16F2N2O4/c1-27-19(26)14-9-6-13(7-10-14)8-11-18(25)28-12-17-23-15-4-2-3-5-16(15)24(17)20(21)22/h2-11,20H,12H2,1H3/b11-8+. The molecule has 144 valence electrons. The normalized spacial score (nSPS) is 11.3. The molecule has 0 atom stereocenters. The minimum Gasteiger partial charge on any atom is -0.465 e. The molecule has 8 heteroatoms. The number of aromatic nitrogens is 2. The van der Waals surface area contributed by atoms with Crippen LogP contribution in [0.4, 0.5) is 8.78 Å². The average molecular weight is 386 g/mol. The fourth-order valence-electron chi connectivity index (χ4n) is 2.61. The largest absolute Gasteiger partial charge is 0.465 e. The van der Waals surface area contributed by atoms with Gasteiger partial charge in [-0.1, -0.05) is 24.3 Å². The van der Waals surface area contributed by atoms with Crippen LogP contribution in [0.25, 0.3) is 17.1 Å². The lowest BCUT2D eigenvalue weighted by molar-refractivity contribution is -0.139. The van der Waals surface area contributed by atoms with Gasteiger partial charge in [0.1, 0.15) is 6.61 Å². The second-order valence-corrected chi connectivity index (χ2v) is 5.72. The molecule has 0 N–H and O–H groups in total. The highest BCUT2D eigenvalue weighted by Crippen LogP contribution is 2.23. The minimum atomic E-state index is -2.80. The van der Waals surface area contributed by atoms with E-state index >= 15 is 0 Å². The zero-order chi connectivity index (χ0) is 20.1. The van der Waals surface area contributed by atoms with Crippen molar-refractivity contribution in [1.82, 2.24) is 9.55 Å². The molecule has 0 aliphatic carbocycles. The van der Waals surface area contributed by atoms with Crippen LogP contribution < -0.4 is 0 Å². The Morgan fingerprint density at radius 2 is 1.86 bits per heavy atom. The van der Waals surface area contributed by atoms with Crippen LogP contribution in [0.2, 0.25) is 0 Å². The number of benzene rings is 2. The van der Waals surface area contributed by atoms with Crippen LogP contribution in [-0.2, 0) is 20.9 Å². The quantitative estimate of drug-likeness (QED) is 0.474. The number of rotatable bonds is 6. The van der Waals surface area contributed by atoms with Crippen LogP contribution in [0.15, 0.2) is 54.6 Å². The number of esters is 2. The van der Waals surface area contributed by atoms with Crippen molar-refractivity contribution in [3.8, 4) is 0 Å². The maximum absolute atomic E-state index is 13.3. The van der Waals surface area contributed by atoms with E-state index in [2.05, 4.69) is 9.72 Å². The van der Waals surface area contributed by atoms with E-state index in [1.807, 2.05) is 0 Å². The number of hydrogen-bond acceptors (Lipinski definition) is 5. The lowest BCUT2D eigenvalue weighted by Gasteiger charge is -2.07. The third-order valence-corrected chi connectivity index (χ3v) is 3.95. The van der Waals surface area contributed by atoms with Crippen molar-refractivity contribution in [2.45, 2.75) is 13.2 Å². The second-order valence-electron chi connectivity index (χ2n) is 5.72. The number of para-hydroxylation sites is 2. The summed E-state index contributed by atoms with van der Waals surface area (Å²) >= 11 is 0. The molecule has 3 rings (SSSR count). The second kappa shape index (κ2) is 8.43. The smallest absolute Gasteiger partial charge is 0.337 e. The predicted molar refractivity (Wildman–Crippen MR) is 97.6 cm³/mol. The van der Waals surface area contributed by atoms with Crippen LogP contribution in [0.5, 0.6) is 0 Å². The molecule has 0 radical (unpaired) electrons. The summed E-state index contributed by atoms with van der Waals surface area (Å²) < 4.78 is 37.0. The fourth-order valence-corrected chi connectivity index (χ4v) is 2.61. The van der Waals surface area contributed by atoms with Gasteiger partial charge in [-0.3, -0.25) is 4.57 Å². The Morgan fingerprint density at radius 3 is 2.54 bits per heavy atom. The number of ether oxygens (including phenoxy) is 2. The van der Waals surface area contributed by atoms with Gasteiger partial charge in [0, 0.05) is 6.08 Å². The molecular weight excluding hydrogens is 370 g/mol. The molecule has 0 fully saturated rings. The number of imidazole rings is 1. The molecule has 3 aromatic rings. The zero-order valence-electron chi connectivity index (χ0n) is 14.8. The Balaban J connectivity index is 1.66. The summed E-state index contributed by atoms with van der Waals surface area (Å²) in [6, 6.07) is 12.8. The van der Waals surface area contributed by atoms with Crippen molar-refractivity contribution in [2.75, 3.05) is 7.11 Å². The summed E-state index contributed by atoms with van der Waals surface area (Å²) in [7, 11) is 1.29. The molecular formula is C20H16F2N2O4. The highest BCUT2D eigenvalue weighted by atomic mass is 19.3. The Hall–Kier alpha value is -3.55. The molecule has 0 spiro atoms. The van der Waals surface area contributed by atoms with Gasteiger partial charge in [-0.05, 0) is 35.9 Å². The summed E-state index contributed by atoms with van der Waals surface area (Å²) in [5.41, 5.74) is 1.71. The maximum atomic E-state index is 13.3. The summed E-state index contributed by atoms with van der Waals surface area (Å²) in [5.74, 6) is -1.21. The summed E-state index contributed by atoms with van der Waals surface area (Å²) in [6.07, 6.45) is 2.65. The fraction of sp³-hybridized carbons (Fsp3) is 0.150. The molecule has 1 heterocycles. The predicted octanol–water partition coefficient (Wildman–Crippen LogP) is 3.97. The van der Waals surface area contributed by atoms with Crippen LogP contribution >= 0.6 is 0 Å². The molecule has 0 saturated heterocycles. The highest BCUT2D eigenvalue weighted by molar-refractivity contribution is 5.90. The lowest BCUT2D eigenvalue weighted by Crippen LogP contribution is -2.09. The van der Waals surface area contributed by atoms with Crippen LogP contribution in [0, 0.1) is 0 Å². The number of hydrogen-bond donors (Lipinski definition) is 0. The number of fused-ring (bicyclic) bond motifs is 1. The van der Waals surface area contributed by atoms with E-state index in [9.17, 15) is 18.4 Å². The van der Waals surface area contributed by atoms with Crippen LogP contribution in [0.3, 0.4) is 0 Å². The van der Waals surface area contributed by atoms with Gasteiger partial charge in [-0.25, -0.2) is 14.6 Å². The number of nitrogens with zero attached hydrogens (tertiary/aromatic N) is 2. The first-order valence-electron chi connectivity index (χ1n) is 8.27. The SMILES string of the molecule is COC(=O)c1ccc(/C=C/C(=O)OCc2nc3ccccc3n2C(F)F)cc1. The number of alkyl halides is 2. The molecule has 0 aliphatic rings. The lowest BCUT2D eigenvalue weighted by atomic mass is 10.1. The van der Waals surface area contributed by atoms with Gasteiger partial charge in [-0.2, -0.15) is 8.78 Å². The molecule has 0 saturated carbocycles. The van der Waals surface area contributed by atoms with Crippen LogP contribution in [-0.4, -0.2) is 28.6 Å². The van der Waals surface area contributed by atoms with Crippen molar-refractivity contribution in [3.05, 3.63) is 71.6 Å². The van der Waals surface area contributed by atoms with Crippen molar-refractivity contribution in [2.24, 2.45) is 0 Å². The Morgan fingerprint density at radius 1 is 1.14 bits per heavy atom. The van der Waals surface area contributed by atoms with Crippen molar-refractivity contribution in [3.63, 3.8) is 0 Å². The van der Waals surface area contributed by atoms with Crippen molar-refractivity contribution >= 4 is 29.0 Å². The van der Waals surface area contributed by atoms with E-state index in [0.717, 1.165) is 4.57 Å². The first-order chi connectivity index (χ1) is 13.5. The summed E-state index contributed by atoms with van der Waals surface area (Å²) in [5, 5.41) is 0. The molecule has 0 bridgehead atoms. The van der Waals surface area contributed by atoms with Gasteiger partial charge in [0.05, 0.1) is 23.7 Å². The van der Waals surface area contributed by atoms with Crippen molar-refractivity contribution in [1.29, 1.82) is 0 Å². The first kappa shape index (κ1) is 19.2. The van der Waals surface area contributed by atoms with E-state index in [0.29, 0.717) is 16.6 Å². The van der Waals surface area contributed by atoms with Gasteiger partial charge >= 0.3 is 18.5 Å². The molecule has 0 aliphatic heterocycles. The molecule has 1 aromatic heterocycles. The Kier molecular flexibility index (Phi) is 5.78. The van der Waals surface area contributed by atoms with E-state index in [-0.39, 0.29) is 17.9 Å². The maximum Gasteiger partial charge on any atom is 0.337 e. The average Bonchev–Trinajstić information content (AvgIpc) is 3.09. The third kappa shape index (κ3) is 4.22. The number of carbonyl (C=O) groups excluding carboxylic acids is 2. The Bertz CT molecular complexity index is 1030. The highest BCUT2D eigenvalue weighted by Gasteiger charge is 2.18. The molecule has 6 nitrogen and oxygen atoms in total. The van der Waals surface area contributed by atoms with Gasteiger partial charge in [0.15, 0.2) is 5.82 Å². The first-order valence-corrected chi connectivity index (χ1v) is 8.27. The van der Waals surface area contributed by atoms with Crippen molar-refractivity contribution < 1.29 is 27.8 Å². The van der Waals surface area contributed by atoms with Crippen LogP contribution in [0.1, 0.15) is 28.3 Å².